The van der Waals surface area contributed by atoms with Crippen molar-refractivity contribution in [3.8, 4) is 5.75 Å². The number of nitrogens with zero attached hydrogens (tertiary/aromatic N) is 1. The number of hydrogen-bond donors (Lipinski definition) is 2. The summed E-state index contributed by atoms with van der Waals surface area (Å²) in [5.74, 6) is -0.406. The molecule has 2 aromatic rings. The Morgan fingerprint density at radius 3 is 2.74 bits per heavy atom. The highest BCUT2D eigenvalue weighted by Gasteiger charge is 2.24. The lowest BCUT2D eigenvalue weighted by molar-refractivity contribution is -0.120. The highest BCUT2D eigenvalue weighted by molar-refractivity contribution is 9.10. The number of amides is 2. The van der Waals surface area contributed by atoms with Crippen LogP contribution in [0.15, 0.2) is 56.8 Å². The number of nitrogens with two attached hydrogens (primary N) is 1. The van der Waals surface area contributed by atoms with E-state index in [0.29, 0.717) is 32.1 Å². The Bertz CT molecular complexity index is 961. The molecule has 0 aromatic heterocycles. The zero-order valence-corrected chi connectivity index (χ0v) is 16.9. The fourth-order valence-corrected chi connectivity index (χ4v) is 3.50. The molecule has 138 valence electrons. The Labute approximate surface area is 172 Å². The maximum atomic E-state index is 12.3. The average Bonchev–Trinajstić information content (AvgIpc) is 2.95. The van der Waals surface area contributed by atoms with Gasteiger partial charge < -0.3 is 15.8 Å². The van der Waals surface area contributed by atoms with E-state index in [1.165, 1.54) is 11.8 Å². The van der Waals surface area contributed by atoms with Crippen LogP contribution in [0.3, 0.4) is 0 Å². The number of halogens is 2. The van der Waals surface area contributed by atoms with Gasteiger partial charge in [-0.05, 0) is 60.3 Å². The zero-order chi connectivity index (χ0) is 19.4. The number of ether oxygens (including phenoxy) is 1. The van der Waals surface area contributed by atoms with E-state index >= 15 is 0 Å². The van der Waals surface area contributed by atoms with Crippen LogP contribution in [-0.4, -0.2) is 23.6 Å². The second-order valence-electron chi connectivity index (χ2n) is 5.40. The molecule has 1 heterocycles. The zero-order valence-electron chi connectivity index (χ0n) is 13.7. The van der Waals surface area contributed by atoms with Crippen LogP contribution in [0, 0.1) is 0 Å². The van der Waals surface area contributed by atoms with Crippen LogP contribution < -0.4 is 15.8 Å². The highest BCUT2D eigenvalue weighted by atomic mass is 79.9. The van der Waals surface area contributed by atoms with E-state index in [1.807, 2.05) is 0 Å². The Balaban J connectivity index is 1.85. The Morgan fingerprint density at radius 2 is 2.04 bits per heavy atom. The second kappa shape index (κ2) is 8.60. The molecule has 0 atom stereocenters. The topological polar surface area (TPSA) is 93.8 Å². The molecule has 27 heavy (non-hydrogen) atoms. The largest absolute Gasteiger partial charge is 0.483 e. The summed E-state index contributed by atoms with van der Waals surface area (Å²) < 4.78 is 6.21. The van der Waals surface area contributed by atoms with Gasteiger partial charge in [0.1, 0.15) is 5.75 Å². The summed E-state index contributed by atoms with van der Waals surface area (Å²) in [5, 5.41) is 3.79. The van der Waals surface area contributed by atoms with Crippen molar-refractivity contribution in [1.82, 2.24) is 5.32 Å². The summed E-state index contributed by atoms with van der Waals surface area (Å²) in [6.45, 7) is -0.250. The number of benzene rings is 2. The lowest BCUT2D eigenvalue weighted by Crippen LogP contribution is -2.20. The van der Waals surface area contributed by atoms with Crippen molar-refractivity contribution in [2.24, 2.45) is 10.7 Å². The fourth-order valence-electron chi connectivity index (χ4n) is 2.17. The van der Waals surface area contributed by atoms with Gasteiger partial charge >= 0.3 is 0 Å². The van der Waals surface area contributed by atoms with Crippen LogP contribution in [0.1, 0.15) is 5.56 Å². The van der Waals surface area contributed by atoms with Gasteiger partial charge in [-0.1, -0.05) is 27.5 Å². The van der Waals surface area contributed by atoms with Crippen LogP contribution in [0.2, 0.25) is 5.02 Å². The van der Waals surface area contributed by atoms with E-state index in [4.69, 9.17) is 22.1 Å². The van der Waals surface area contributed by atoms with Gasteiger partial charge in [-0.15, -0.1) is 0 Å². The lowest BCUT2D eigenvalue weighted by Gasteiger charge is -2.08. The summed E-state index contributed by atoms with van der Waals surface area (Å²) in [7, 11) is 0. The van der Waals surface area contributed by atoms with Gasteiger partial charge in [-0.2, -0.15) is 0 Å². The maximum Gasteiger partial charge on any atom is 0.264 e. The fraction of sp³-hybridized carbons (Fsp3) is 0.0556. The smallest absolute Gasteiger partial charge is 0.264 e. The number of hydrogen-bond acceptors (Lipinski definition) is 5. The molecular formula is C18H13BrClN3O3S. The molecule has 1 fully saturated rings. The van der Waals surface area contributed by atoms with E-state index < -0.39 is 5.91 Å². The molecule has 1 aliphatic rings. The predicted molar refractivity (Wildman–Crippen MR) is 111 cm³/mol. The van der Waals surface area contributed by atoms with Crippen molar-refractivity contribution in [2.75, 3.05) is 6.61 Å². The molecule has 0 unspecified atom stereocenters. The number of carbonyl (C=O) groups excluding carboxylic acids is 2. The summed E-state index contributed by atoms with van der Waals surface area (Å²) >= 11 is 10.5. The third-order valence-corrected chi connectivity index (χ3v) is 4.99. The monoisotopic (exact) mass is 465 g/mol. The van der Waals surface area contributed by atoms with E-state index in [-0.39, 0.29) is 12.5 Å². The quantitative estimate of drug-likeness (QED) is 0.654. The highest BCUT2D eigenvalue weighted by Crippen LogP contribution is 2.32. The molecule has 0 bridgehead atoms. The molecular weight excluding hydrogens is 454 g/mol. The third-order valence-electron chi connectivity index (χ3n) is 3.34. The van der Waals surface area contributed by atoms with Crippen LogP contribution in [-0.2, 0) is 9.59 Å². The van der Waals surface area contributed by atoms with Crippen molar-refractivity contribution in [3.05, 3.63) is 62.4 Å². The van der Waals surface area contributed by atoms with Gasteiger partial charge in [0.2, 0.25) is 0 Å². The van der Waals surface area contributed by atoms with E-state index in [2.05, 4.69) is 26.2 Å². The van der Waals surface area contributed by atoms with Gasteiger partial charge in [0.05, 0.1) is 10.6 Å². The summed E-state index contributed by atoms with van der Waals surface area (Å²) in [4.78, 5) is 28.1. The molecule has 3 rings (SSSR count). The molecule has 2 aromatic carbocycles. The Morgan fingerprint density at radius 1 is 1.30 bits per heavy atom. The van der Waals surface area contributed by atoms with Crippen LogP contribution in [0.5, 0.6) is 5.75 Å². The molecule has 0 aliphatic carbocycles. The first-order chi connectivity index (χ1) is 12.9. The Hall–Kier alpha value is -2.29. The van der Waals surface area contributed by atoms with Crippen LogP contribution in [0.4, 0.5) is 5.69 Å². The number of primary amides is 1. The van der Waals surface area contributed by atoms with Crippen molar-refractivity contribution in [1.29, 1.82) is 0 Å². The minimum Gasteiger partial charge on any atom is -0.483 e. The van der Waals surface area contributed by atoms with Crippen molar-refractivity contribution >= 4 is 68.0 Å². The molecule has 6 nitrogen and oxygen atoms in total. The Kier molecular flexibility index (Phi) is 6.20. The summed E-state index contributed by atoms with van der Waals surface area (Å²) in [5.41, 5.74) is 6.44. The maximum absolute atomic E-state index is 12.3. The first kappa shape index (κ1) is 19.5. The molecule has 0 spiro atoms. The average molecular weight is 467 g/mol. The first-order valence-corrected chi connectivity index (χ1v) is 9.65. The van der Waals surface area contributed by atoms with Gasteiger partial charge in [-0.3, -0.25) is 9.59 Å². The van der Waals surface area contributed by atoms with Crippen LogP contribution >= 0.6 is 39.3 Å². The van der Waals surface area contributed by atoms with Gasteiger partial charge in [-0.25, -0.2) is 4.99 Å². The molecule has 1 saturated heterocycles. The van der Waals surface area contributed by atoms with Gasteiger partial charge in [0.25, 0.3) is 11.8 Å². The number of carbonyl (C=O) groups is 2. The molecule has 2 amide bonds. The predicted octanol–water partition coefficient (Wildman–Crippen LogP) is 3.86. The van der Waals surface area contributed by atoms with E-state index in [9.17, 15) is 9.59 Å². The summed E-state index contributed by atoms with van der Waals surface area (Å²) in [6, 6.07) is 12.2. The standard InChI is InChI=1S/C18H13BrClN3O3S/c19-11-1-6-14(26-9-16(21)24)10(7-11)8-15-17(25)23-18(27-15)22-13-4-2-12(20)3-5-13/h1-8H,9H2,(H2,21,24)(H,22,23,25). The van der Waals surface area contributed by atoms with Gasteiger partial charge in [0.15, 0.2) is 11.8 Å². The number of aliphatic imine (C=N–C) groups is 1. The minimum atomic E-state index is -0.582. The number of amidine groups is 1. The SMILES string of the molecule is NC(=O)COc1ccc(Br)cc1C=C1SC(=Nc2ccc(Cl)cc2)NC1=O. The number of rotatable bonds is 5. The first-order valence-electron chi connectivity index (χ1n) is 7.66. The molecule has 1 aliphatic heterocycles. The summed E-state index contributed by atoms with van der Waals surface area (Å²) in [6.07, 6.45) is 1.67. The number of nitrogens with one attached hydrogen (secondary N) is 1. The van der Waals surface area contributed by atoms with E-state index in [1.54, 1.807) is 48.5 Å². The number of thioether (sulfide) groups is 1. The van der Waals surface area contributed by atoms with Crippen molar-refractivity contribution in [2.45, 2.75) is 0 Å². The lowest BCUT2D eigenvalue weighted by atomic mass is 10.2. The van der Waals surface area contributed by atoms with Crippen LogP contribution in [0.25, 0.3) is 6.08 Å². The minimum absolute atomic E-state index is 0.250. The molecule has 3 N–H and O–H groups in total. The third kappa shape index (κ3) is 5.35. The molecule has 0 radical (unpaired) electrons. The van der Waals surface area contributed by atoms with E-state index in [0.717, 1.165) is 4.47 Å². The molecule has 9 heteroatoms. The van der Waals surface area contributed by atoms with Crippen molar-refractivity contribution < 1.29 is 14.3 Å². The normalized spacial score (nSPS) is 16.6. The van der Waals surface area contributed by atoms with Crippen molar-refractivity contribution in [3.63, 3.8) is 0 Å². The van der Waals surface area contributed by atoms with Gasteiger partial charge in [0, 0.05) is 15.1 Å². The molecule has 0 saturated carbocycles. The second-order valence-corrected chi connectivity index (χ2v) is 7.78.